The lowest BCUT2D eigenvalue weighted by Crippen LogP contribution is -2.39. The van der Waals surface area contributed by atoms with Crippen molar-refractivity contribution >= 4 is 5.97 Å². The van der Waals surface area contributed by atoms with Crippen LogP contribution in [0.25, 0.3) is 0 Å². The number of rotatable bonds is 4. The quantitative estimate of drug-likeness (QED) is 0.726. The third-order valence-corrected chi connectivity index (χ3v) is 2.10. The Balaban J connectivity index is 3.20. The Morgan fingerprint density at radius 2 is 1.67 bits per heavy atom. The van der Waals surface area contributed by atoms with Crippen LogP contribution in [0.15, 0.2) is 24.3 Å². The number of aromatic hydroxyl groups is 1. The highest BCUT2D eigenvalue weighted by molar-refractivity contribution is 5.77. The molecular weight excluding hydrogens is 200 g/mol. The molecule has 5 heteroatoms. The third-order valence-electron chi connectivity index (χ3n) is 2.10. The number of benzene rings is 1. The highest BCUT2D eigenvalue weighted by Crippen LogP contribution is 2.27. The van der Waals surface area contributed by atoms with Crippen molar-refractivity contribution in [3.63, 3.8) is 0 Å². The van der Waals surface area contributed by atoms with Gasteiger partial charge in [0.2, 0.25) is 0 Å². The Bertz CT molecular complexity index is 339. The van der Waals surface area contributed by atoms with E-state index >= 15 is 0 Å². The van der Waals surface area contributed by atoms with Crippen LogP contribution in [-0.2, 0) is 20.1 Å². The lowest BCUT2D eigenvalue weighted by molar-refractivity contribution is -0.231. The van der Waals surface area contributed by atoms with Crippen LogP contribution in [0, 0.1) is 0 Å². The molecule has 0 bridgehead atoms. The van der Waals surface area contributed by atoms with Crippen LogP contribution in [0.5, 0.6) is 5.75 Å². The molecule has 0 spiro atoms. The van der Waals surface area contributed by atoms with Gasteiger partial charge < -0.3 is 19.7 Å². The lowest BCUT2D eigenvalue weighted by atomic mass is 10.1. The molecule has 0 unspecified atom stereocenters. The number of phenolic OH excluding ortho intramolecular Hbond substituents is 1. The van der Waals surface area contributed by atoms with E-state index in [9.17, 15) is 4.79 Å². The van der Waals surface area contributed by atoms with Crippen molar-refractivity contribution in [3.8, 4) is 5.75 Å². The zero-order valence-corrected chi connectivity index (χ0v) is 8.43. The van der Waals surface area contributed by atoms with Gasteiger partial charge >= 0.3 is 5.97 Å². The zero-order chi connectivity index (χ0) is 11.5. The van der Waals surface area contributed by atoms with Gasteiger partial charge in [-0.1, -0.05) is 0 Å². The number of carbonyl (C=O) groups is 1. The first-order valence-corrected chi connectivity index (χ1v) is 4.20. The van der Waals surface area contributed by atoms with Gasteiger partial charge in [0, 0.05) is 19.8 Å². The minimum Gasteiger partial charge on any atom is -0.508 e. The largest absolute Gasteiger partial charge is 0.508 e. The number of ether oxygens (including phenoxy) is 2. The highest BCUT2D eigenvalue weighted by Gasteiger charge is 2.41. The molecule has 82 valence electrons. The maximum absolute atomic E-state index is 11.1. The number of hydrogen-bond acceptors (Lipinski definition) is 4. The Hall–Kier alpha value is -1.59. The van der Waals surface area contributed by atoms with Gasteiger partial charge in [-0.15, -0.1) is 0 Å². The summed E-state index contributed by atoms with van der Waals surface area (Å²) in [6.45, 7) is 0. The molecule has 0 radical (unpaired) electrons. The molecule has 0 aliphatic rings. The summed E-state index contributed by atoms with van der Waals surface area (Å²) in [5, 5.41) is 18.1. The molecule has 0 atom stereocenters. The molecule has 5 nitrogen and oxygen atoms in total. The summed E-state index contributed by atoms with van der Waals surface area (Å²) in [5.41, 5.74) is 0.304. The van der Waals surface area contributed by atoms with Crippen LogP contribution in [0.2, 0.25) is 0 Å². The number of methoxy groups -OCH3 is 2. The molecule has 1 rings (SSSR count). The minimum atomic E-state index is -1.83. The van der Waals surface area contributed by atoms with Crippen LogP contribution in [-0.4, -0.2) is 30.4 Å². The Labute approximate surface area is 86.9 Å². The number of phenols is 1. The van der Waals surface area contributed by atoms with E-state index in [4.69, 9.17) is 19.7 Å². The van der Waals surface area contributed by atoms with Gasteiger partial charge in [-0.05, 0) is 24.3 Å². The number of carboxylic acid groups (broad SMARTS) is 1. The number of aliphatic carboxylic acids is 1. The average molecular weight is 212 g/mol. The van der Waals surface area contributed by atoms with Crippen molar-refractivity contribution in [2.75, 3.05) is 14.2 Å². The molecule has 0 fully saturated rings. The molecule has 0 heterocycles. The van der Waals surface area contributed by atoms with E-state index < -0.39 is 11.8 Å². The summed E-state index contributed by atoms with van der Waals surface area (Å²) in [7, 11) is 2.48. The zero-order valence-electron chi connectivity index (χ0n) is 8.43. The Morgan fingerprint density at radius 3 is 2.00 bits per heavy atom. The van der Waals surface area contributed by atoms with Gasteiger partial charge in [-0.3, -0.25) is 0 Å². The molecule has 0 aliphatic carbocycles. The monoisotopic (exact) mass is 212 g/mol. The van der Waals surface area contributed by atoms with Gasteiger partial charge in [-0.25, -0.2) is 4.79 Å². The molecule has 15 heavy (non-hydrogen) atoms. The maximum Gasteiger partial charge on any atom is 0.369 e. The number of carboxylic acids is 1. The van der Waals surface area contributed by atoms with Crippen LogP contribution >= 0.6 is 0 Å². The summed E-state index contributed by atoms with van der Waals surface area (Å²) in [6.07, 6.45) is 0. The van der Waals surface area contributed by atoms with E-state index in [-0.39, 0.29) is 5.75 Å². The van der Waals surface area contributed by atoms with E-state index in [1.165, 1.54) is 38.5 Å². The molecule has 0 aromatic heterocycles. The minimum absolute atomic E-state index is 0.0465. The van der Waals surface area contributed by atoms with Crippen molar-refractivity contribution in [1.29, 1.82) is 0 Å². The third kappa shape index (κ3) is 1.93. The Kier molecular flexibility index (Phi) is 3.28. The predicted octanol–water partition coefficient (Wildman–Crippen LogP) is 0.922. The molecule has 0 saturated heterocycles. The molecule has 0 aliphatic heterocycles. The number of hydrogen-bond donors (Lipinski definition) is 2. The van der Waals surface area contributed by atoms with Crippen molar-refractivity contribution in [2.45, 2.75) is 5.79 Å². The van der Waals surface area contributed by atoms with Crippen molar-refractivity contribution < 1.29 is 24.5 Å². The van der Waals surface area contributed by atoms with Gasteiger partial charge in [0.15, 0.2) is 0 Å². The predicted molar refractivity (Wildman–Crippen MR) is 51.4 cm³/mol. The standard InChI is InChI=1S/C10H12O5/c1-14-10(15-2,9(12)13)7-3-5-8(11)6-4-7/h3-6,11H,1-2H3,(H,12,13). The van der Waals surface area contributed by atoms with Crippen LogP contribution < -0.4 is 0 Å². The molecule has 1 aromatic carbocycles. The summed E-state index contributed by atoms with van der Waals surface area (Å²) in [4.78, 5) is 11.1. The molecular formula is C10H12O5. The Morgan fingerprint density at radius 1 is 1.20 bits per heavy atom. The summed E-state index contributed by atoms with van der Waals surface area (Å²) < 4.78 is 9.74. The van der Waals surface area contributed by atoms with E-state index in [0.29, 0.717) is 5.56 Å². The van der Waals surface area contributed by atoms with Gasteiger partial charge in [-0.2, -0.15) is 0 Å². The average Bonchev–Trinajstić information content (AvgIpc) is 2.22. The topological polar surface area (TPSA) is 76.0 Å². The van der Waals surface area contributed by atoms with Crippen LogP contribution in [0.4, 0.5) is 0 Å². The van der Waals surface area contributed by atoms with Gasteiger partial charge in [0.05, 0.1) is 0 Å². The SMILES string of the molecule is COC(OC)(C(=O)O)c1ccc(O)cc1. The van der Waals surface area contributed by atoms with Crippen molar-refractivity contribution in [3.05, 3.63) is 29.8 Å². The normalized spacial score (nSPS) is 11.3. The summed E-state index contributed by atoms with van der Waals surface area (Å²) in [6, 6.07) is 5.59. The first-order chi connectivity index (χ1) is 7.06. The van der Waals surface area contributed by atoms with Gasteiger partial charge in [0.25, 0.3) is 5.79 Å². The second-order valence-corrected chi connectivity index (χ2v) is 2.88. The maximum atomic E-state index is 11.1. The lowest BCUT2D eigenvalue weighted by Gasteiger charge is -2.26. The van der Waals surface area contributed by atoms with Crippen LogP contribution in [0.3, 0.4) is 0 Å². The molecule has 2 N–H and O–H groups in total. The summed E-state index contributed by atoms with van der Waals surface area (Å²) >= 11 is 0. The van der Waals surface area contributed by atoms with Gasteiger partial charge in [0.1, 0.15) is 5.75 Å². The fraction of sp³-hybridized carbons (Fsp3) is 0.300. The summed E-state index contributed by atoms with van der Waals surface area (Å²) in [5.74, 6) is -3.03. The second kappa shape index (κ2) is 4.29. The fourth-order valence-electron chi connectivity index (χ4n) is 1.30. The highest BCUT2D eigenvalue weighted by atomic mass is 16.7. The van der Waals surface area contributed by atoms with E-state index in [1.54, 1.807) is 0 Å². The molecule has 1 aromatic rings. The smallest absolute Gasteiger partial charge is 0.369 e. The molecule has 0 saturated carbocycles. The van der Waals surface area contributed by atoms with E-state index in [0.717, 1.165) is 0 Å². The van der Waals surface area contributed by atoms with E-state index in [1.807, 2.05) is 0 Å². The van der Waals surface area contributed by atoms with Crippen molar-refractivity contribution in [1.82, 2.24) is 0 Å². The molecule has 0 amide bonds. The second-order valence-electron chi connectivity index (χ2n) is 2.88. The first kappa shape index (κ1) is 11.5. The van der Waals surface area contributed by atoms with Crippen molar-refractivity contribution in [2.24, 2.45) is 0 Å². The first-order valence-electron chi connectivity index (χ1n) is 4.20. The van der Waals surface area contributed by atoms with Crippen LogP contribution in [0.1, 0.15) is 5.56 Å². The fourth-order valence-corrected chi connectivity index (χ4v) is 1.30. The van der Waals surface area contributed by atoms with E-state index in [2.05, 4.69) is 0 Å².